The molecule has 0 spiro atoms. The monoisotopic (exact) mass is 486 g/mol. The number of sulfonamides is 1. The molecule has 0 aliphatic rings. The molecular weight excluding hydrogens is 466 g/mol. The van der Waals surface area contributed by atoms with Gasteiger partial charge in [-0.05, 0) is 32.4 Å². The molecular formula is C21H21ClF2N2O3S2. The number of halogens is 3. The van der Waals surface area contributed by atoms with Crippen LogP contribution in [0.4, 0.5) is 14.5 Å². The van der Waals surface area contributed by atoms with Crippen molar-refractivity contribution in [1.82, 2.24) is 4.98 Å². The lowest BCUT2D eigenvalue weighted by molar-refractivity contribution is 0.304. The van der Waals surface area contributed by atoms with Crippen molar-refractivity contribution in [3.8, 4) is 5.75 Å². The van der Waals surface area contributed by atoms with Gasteiger partial charge in [-0.25, -0.2) is 13.8 Å². The molecule has 3 rings (SSSR count). The van der Waals surface area contributed by atoms with Crippen LogP contribution in [0.3, 0.4) is 0 Å². The summed E-state index contributed by atoms with van der Waals surface area (Å²) in [7, 11) is -4.23. The van der Waals surface area contributed by atoms with Crippen molar-refractivity contribution in [2.45, 2.75) is 37.9 Å². The molecule has 10 heteroatoms. The van der Waals surface area contributed by atoms with Crippen molar-refractivity contribution < 1.29 is 21.9 Å². The van der Waals surface area contributed by atoms with E-state index in [1.807, 2.05) is 31.2 Å². The Bertz CT molecular complexity index is 1170. The maximum absolute atomic E-state index is 14.2. The molecule has 0 aliphatic heterocycles. The van der Waals surface area contributed by atoms with Gasteiger partial charge in [0.1, 0.15) is 24.3 Å². The Kier molecular flexibility index (Phi) is 7.18. The second kappa shape index (κ2) is 9.50. The van der Waals surface area contributed by atoms with Crippen molar-refractivity contribution in [2.24, 2.45) is 0 Å². The third-order valence-electron chi connectivity index (χ3n) is 4.31. The largest absolute Gasteiger partial charge is 0.487 e. The van der Waals surface area contributed by atoms with E-state index in [2.05, 4.69) is 4.98 Å². The number of aryl methyl sites for hydroxylation is 2. The van der Waals surface area contributed by atoms with Crippen LogP contribution in [0.25, 0.3) is 0 Å². The molecule has 1 heterocycles. The summed E-state index contributed by atoms with van der Waals surface area (Å²) in [4.78, 5) is 4.03. The molecule has 166 valence electrons. The van der Waals surface area contributed by atoms with Crippen molar-refractivity contribution in [3.63, 3.8) is 0 Å². The Hall–Kier alpha value is -2.23. The first kappa shape index (κ1) is 23.4. The van der Waals surface area contributed by atoms with Crippen LogP contribution in [0.15, 0.2) is 46.1 Å². The van der Waals surface area contributed by atoms with Crippen LogP contribution in [0, 0.1) is 19.7 Å². The van der Waals surface area contributed by atoms with Crippen LogP contribution in [-0.4, -0.2) is 26.1 Å². The summed E-state index contributed by atoms with van der Waals surface area (Å²) in [5, 5.41) is 1.27. The SMILES string of the molecule is Cc1ccc(COc2cc(F)c(Cl)cc2N(CC(C)F)S(=O)(=O)c2nc(C)cs2)cc1. The second-order valence-electron chi connectivity index (χ2n) is 7.08. The summed E-state index contributed by atoms with van der Waals surface area (Å²) in [5.41, 5.74) is 2.33. The van der Waals surface area contributed by atoms with Crippen molar-refractivity contribution in [2.75, 3.05) is 10.8 Å². The van der Waals surface area contributed by atoms with Gasteiger partial charge >= 0.3 is 0 Å². The van der Waals surface area contributed by atoms with Gasteiger partial charge in [0.25, 0.3) is 10.0 Å². The van der Waals surface area contributed by atoms with Crippen LogP contribution in [-0.2, 0) is 16.6 Å². The van der Waals surface area contributed by atoms with Gasteiger partial charge in [-0.2, -0.15) is 8.42 Å². The molecule has 1 unspecified atom stereocenters. The summed E-state index contributed by atoms with van der Waals surface area (Å²) in [5.74, 6) is -0.847. The summed E-state index contributed by atoms with van der Waals surface area (Å²) >= 11 is 6.86. The molecule has 0 radical (unpaired) electrons. The molecule has 0 amide bonds. The normalized spacial score (nSPS) is 12.6. The molecule has 0 fully saturated rings. The smallest absolute Gasteiger partial charge is 0.291 e. The molecule has 0 saturated carbocycles. The number of hydrogen-bond donors (Lipinski definition) is 0. The van der Waals surface area contributed by atoms with Crippen LogP contribution in [0.2, 0.25) is 5.02 Å². The number of anilines is 1. The lowest BCUT2D eigenvalue weighted by Gasteiger charge is -2.26. The number of ether oxygens (including phenoxy) is 1. The van der Waals surface area contributed by atoms with Crippen molar-refractivity contribution in [1.29, 1.82) is 0 Å². The minimum absolute atomic E-state index is 0.0593. The second-order valence-corrected chi connectivity index (χ2v) is 10.4. The predicted molar refractivity (Wildman–Crippen MR) is 119 cm³/mol. The van der Waals surface area contributed by atoms with E-state index in [1.54, 1.807) is 12.3 Å². The lowest BCUT2D eigenvalue weighted by Crippen LogP contribution is -2.36. The molecule has 0 N–H and O–H groups in total. The van der Waals surface area contributed by atoms with E-state index in [-0.39, 0.29) is 27.4 Å². The fourth-order valence-corrected chi connectivity index (χ4v) is 5.60. The lowest BCUT2D eigenvalue weighted by atomic mass is 10.2. The zero-order valence-electron chi connectivity index (χ0n) is 17.1. The topological polar surface area (TPSA) is 59.5 Å². The first-order valence-electron chi connectivity index (χ1n) is 9.34. The first-order valence-corrected chi connectivity index (χ1v) is 12.0. The summed E-state index contributed by atoms with van der Waals surface area (Å²) < 4.78 is 61.1. The highest BCUT2D eigenvalue weighted by Crippen LogP contribution is 2.38. The van der Waals surface area contributed by atoms with Crippen molar-refractivity contribution in [3.05, 3.63) is 69.4 Å². The van der Waals surface area contributed by atoms with E-state index in [9.17, 15) is 17.2 Å². The molecule has 5 nitrogen and oxygen atoms in total. The highest BCUT2D eigenvalue weighted by Gasteiger charge is 2.32. The first-order chi connectivity index (χ1) is 14.6. The summed E-state index contributed by atoms with van der Waals surface area (Å²) in [6.07, 6.45) is -1.51. The van der Waals surface area contributed by atoms with Gasteiger partial charge in [-0.1, -0.05) is 41.4 Å². The molecule has 1 aromatic heterocycles. The van der Waals surface area contributed by atoms with Gasteiger partial charge in [-0.15, -0.1) is 11.3 Å². The Labute approximate surface area is 189 Å². The Morgan fingerprint density at radius 3 is 2.48 bits per heavy atom. The average Bonchev–Trinajstić information content (AvgIpc) is 3.15. The fourth-order valence-electron chi connectivity index (χ4n) is 2.77. The van der Waals surface area contributed by atoms with Gasteiger partial charge < -0.3 is 4.74 Å². The number of benzene rings is 2. The molecule has 1 atom stereocenters. The van der Waals surface area contributed by atoms with E-state index >= 15 is 0 Å². The highest BCUT2D eigenvalue weighted by atomic mass is 35.5. The average molecular weight is 487 g/mol. The van der Waals surface area contributed by atoms with Gasteiger partial charge in [0, 0.05) is 17.1 Å². The van der Waals surface area contributed by atoms with Gasteiger partial charge in [-0.3, -0.25) is 4.31 Å². The molecule has 0 bridgehead atoms. The summed E-state index contributed by atoms with van der Waals surface area (Å²) in [6.45, 7) is 4.38. The quantitative estimate of drug-likeness (QED) is 0.410. The van der Waals surface area contributed by atoms with Crippen LogP contribution >= 0.6 is 22.9 Å². The number of rotatable bonds is 8. The standard InChI is InChI=1S/C21H21ClF2N2O3S2/c1-13-4-6-16(7-5-13)11-29-20-9-18(24)17(22)8-19(20)26(10-14(2)23)31(27,28)21-25-15(3)12-30-21/h4-9,12,14H,10-11H2,1-3H3. The minimum atomic E-state index is -4.23. The van der Waals surface area contributed by atoms with E-state index in [0.717, 1.165) is 38.9 Å². The molecule has 0 saturated heterocycles. The van der Waals surface area contributed by atoms with Gasteiger partial charge in [0.2, 0.25) is 4.34 Å². The fraction of sp³-hybridized carbons (Fsp3) is 0.286. The number of nitrogens with zero attached hydrogens (tertiary/aromatic N) is 2. The Morgan fingerprint density at radius 2 is 1.90 bits per heavy atom. The van der Waals surface area contributed by atoms with E-state index in [0.29, 0.717) is 5.69 Å². The maximum Gasteiger partial charge on any atom is 0.291 e. The minimum Gasteiger partial charge on any atom is -0.487 e. The van der Waals surface area contributed by atoms with Gasteiger partial charge in [0.05, 0.1) is 17.3 Å². The summed E-state index contributed by atoms with van der Waals surface area (Å²) in [6, 6.07) is 9.62. The molecule has 2 aromatic carbocycles. The third kappa shape index (κ3) is 5.53. The van der Waals surface area contributed by atoms with Gasteiger partial charge in [0.15, 0.2) is 0 Å². The molecule has 3 aromatic rings. The predicted octanol–water partition coefficient (Wildman–Crippen LogP) is 5.68. The molecule has 0 aliphatic carbocycles. The number of hydrogen-bond acceptors (Lipinski definition) is 5. The third-order valence-corrected chi connectivity index (χ3v) is 7.73. The zero-order chi connectivity index (χ0) is 22.8. The van der Waals surface area contributed by atoms with Crippen LogP contribution in [0.5, 0.6) is 5.75 Å². The molecule has 31 heavy (non-hydrogen) atoms. The van der Waals surface area contributed by atoms with E-state index in [1.165, 1.54) is 6.92 Å². The van der Waals surface area contributed by atoms with E-state index < -0.39 is 28.6 Å². The van der Waals surface area contributed by atoms with Crippen LogP contribution < -0.4 is 9.04 Å². The Morgan fingerprint density at radius 1 is 1.23 bits per heavy atom. The number of thiazole rings is 1. The maximum atomic E-state index is 14.2. The number of alkyl halides is 1. The highest BCUT2D eigenvalue weighted by molar-refractivity contribution is 7.94. The van der Waals surface area contributed by atoms with Crippen LogP contribution in [0.1, 0.15) is 23.7 Å². The Balaban J connectivity index is 2.05. The zero-order valence-corrected chi connectivity index (χ0v) is 19.5. The van der Waals surface area contributed by atoms with E-state index in [4.69, 9.17) is 16.3 Å². The number of aromatic nitrogens is 1. The van der Waals surface area contributed by atoms with Crippen molar-refractivity contribution >= 4 is 38.6 Å².